The summed E-state index contributed by atoms with van der Waals surface area (Å²) in [6.45, 7) is 2.09. The third kappa shape index (κ3) is 3.47. The zero-order valence-corrected chi connectivity index (χ0v) is 13.3. The van der Waals surface area contributed by atoms with Gasteiger partial charge in [0.05, 0.1) is 25.2 Å². The average Bonchev–Trinajstić information content (AvgIpc) is 2.94. The molecule has 0 spiro atoms. The molecule has 1 N–H and O–H groups in total. The van der Waals surface area contributed by atoms with E-state index in [4.69, 9.17) is 9.47 Å². The lowest BCUT2D eigenvalue weighted by Gasteiger charge is -2.27. The molecular formula is C17H22N2O4. The second-order valence-corrected chi connectivity index (χ2v) is 5.97. The van der Waals surface area contributed by atoms with Gasteiger partial charge < -0.3 is 19.7 Å². The molecule has 1 saturated heterocycles. The number of carbonyl (C=O) groups is 2. The van der Waals surface area contributed by atoms with E-state index in [1.807, 2.05) is 24.3 Å². The number of ether oxygens (including phenoxy) is 2. The molecule has 2 unspecified atom stereocenters. The molecule has 2 amide bonds. The van der Waals surface area contributed by atoms with E-state index in [1.165, 1.54) is 0 Å². The van der Waals surface area contributed by atoms with E-state index in [0.29, 0.717) is 26.3 Å². The van der Waals surface area contributed by atoms with Crippen LogP contribution >= 0.6 is 0 Å². The molecule has 0 aromatic heterocycles. The summed E-state index contributed by atoms with van der Waals surface area (Å²) >= 11 is 0. The summed E-state index contributed by atoms with van der Waals surface area (Å²) in [6, 6.07) is 7.71. The van der Waals surface area contributed by atoms with Crippen LogP contribution in [-0.4, -0.2) is 50.1 Å². The highest BCUT2D eigenvalue weighted by atomic mass is 16.5. The van der Waals surface area contributed by atoms with Crippen LogP contribution in [0.1, 0.15) is 24.4 Å². The van der Waals surface area contributed by atoms with Crippen LogP contribution < -0.4 is 10.1 Å². The Morgan fingerprint density at radius 2 is 2.26 bits per heavy atom. The van der Waals surface area contributed by atoms with E-state index < -0.39 is 0 Å². The summed E-state index contributed by atoms with van der Waals surface area (Å²) in [5.41, 5.74) is 1.01. The number of amides is 2. The number of methoxy groups -OCH3 is 1. The molecule has 124 valence electrons. The maximum Gasteiger partial charge on any atom is 0.225 e. The lowest BCUT2D eigenvalue weighted by atomic mass is 9.99. The topological polar surface area (TPSA) is 67.9 Å². The van der Waals surface area contributed by atoms with Crippen LogP contribution in [-0.2, 0) is 14.3 Å². The summed E-state index contributed by atoms with van der Waals surface area (Å²) in [6.07, 6.45) is 1.03. The normalized spacial score (nSPS) is 23.3. The maximum atomic E-state index is 12.5. The Morgan fingerprint density at radius 1 is 1.43 bits per heavy atom. The van der Waals surface area contributed by atoms with E-state index in [-0.39, 0.29) is 30.2 Å². The fraction of sp³-hybridized carbons (Fsp3) is 0.529. The molecule has 1 aromatic rings. The number of hydrogen-bond acceptors (Lipinski definition) is 4. The first-order chi connectivity index (χ1) is 11.2. The standard InChI is InChI=1S/C17H22N2O4/c1-22-9-7-19-11-12(10-16(19)20)17(21)18-14-6-8-23-15-5-3-2-4-13(14)15/h2-5,12,14H,6-11H2,1H3,(H,18,21). The Hall–Kier alpha value is -2.08. The van der Waals surface area contributed by atoms with Gasteiger partial charge in [0.15, 0.2) is 0 Å². The lowest BCUT2D eigenvalue weighted by molar-refractivity contribution is -0.129. The molecular weight excluding hydrogens is 296 g/mol. The van der Waals surface area contributed by atoms with Gasteiger partial charge in [0.25, 0.3) is 0 Å². The van der Waals surface area contributed by atoms with Crippen molar-refractivity contribution in [1.29, 1.82) is 0 Å². The number of benzene rings is 1. The molecule has 0 bridgehead atoms. The highest BCUT2D eigenvalue weighted by Gasteiger charge is 2.35. The average molecular weight is 318 g/mol. The smallest absolute Gasteiger partial charge is 0.225 e. The number of rotatable bonds is 5. The van der Waals surface area contributed by atoms with Gasteiger partial charge in [-0.2, -0.15) is 0 Å². The number of hydrogen-bond donors (Lipinski definition) is 1. The number of carbonyl (C=O) groups excluding carboxylic acids is 2. The molecule has 0 radical (unpaired) electrons. The molecule has 2 aliphatic rings. The van der Waals surface area contributed by atoms with Crippen molar-refractivity contribution < 1.29 is 19.1 Å². The van der Waals surface area contributed by atoms with E-state index in [2.05, 4.69) is 5.32 Å². The molecule has 2 heterocycles. The molecule has 1 aromatic carbocycles. The lowest BCUT2D eigenvalue weighted by Crippen LogP contribution is -2.37. The van der Waals surface area contributed by atoms with Crippen LogP contribution in [0.15, 0.2) is 24.3 Å². The van der Waals surface area contributed by atoms with Gasteiger partial charge in [-0.25, -0.2) is 0 Å². The van der Waals surface area contributed by atoms with E-state index in [1.54, 1.807) is 12.0 Å². The van der Waals surface area contributed by atoms with Gasteiger partial charge in [0.2, 0.25) is 11.8 Å². The van der Waals surface area contributed by atoms with Crippen LogP contribution in [0.4, 0.5) is 0 Å². The molecule has 0 saturated carbocycles. The van der Waals surface area contributed by atoms with Gasteiger partial charge in [-0.1, -0.05) is 18.2 Å². The predicted molar refractivity (Wildman–Crippen MR) is 84.0 cm³/mol. The second-order valence-electron chi connectivity index (χ2n) is 5.97. The quantitative estimate of drug-likeness (QED) is 0.883. The molecule has 2 atom stereocenters. The molecule has 2 aliphatic heterocycles. The minimum Gasteiger partial charge on any atom is -0.493 e. The zero-order chi connectivity index (χ0) is 16.2. The van der Waals surface area contributed by atoms with Crippen molar-refractivity contribution in [3.63, 3.8) is 0 Å². The fourth-order valence-electron chi connectivity index (χ4n) is 3.15. The summed E-state index contributed by atoms with van der Waals surface area (Å²) in [5, 5.41) is 3.09. The van der Waals surface area contributed by atoms with Gasteiger partial charge in [-0.05, 0) is 6.07 Å². The highest BCUT2D eigenvalue weighted by Crippen LogP contribution is 2.32. The van der Waals surface area contributed by atoms with Crippen molar-refractivity contribution in [3.8, 4) is 5.75 Å². The summed E-state index contributed by atoms with van der Waals surface area (Å²) in [7, 11) is 1.60. The van der Waals surface area contributed by atoms with E-state index in [9.17, 15) is 9.59 Å². The highest BCUT2D eigenvalue weighted by molar-refractivity contribution is 5.89. The third-order valence-electron chi connectivity index (χ3n) is 4.43. The SMILES string of the molecule is COCCN1CC(C(=O)NC2CCOc3ccccc32)CC1=O. The summed E-state index contributed by atoms with van der Waals surface area (Å²) in [5.74, 6) is 0.511. The number of nitrogens with zero attached hydrogens (tertiary/aromatic N) is 1. The number of fused-ring (bicyclic) bond motifs is 1. The molecule has 3 rings (SSSR count). The first kappa shape index (κ1) is 15.8. The zero-order valence-electron chi connectivity index (χ0n) is 13.3. The van der Waals surface area contributed by atoms with Gasteiger partial charge in [-0.3, -0.25) is 9.59 Å². The monoisotopic (exact) mass is 318 g/mol. The molecule has 6 heteroatoms. The Morgan fingerprint density at radius 3 is 3.09 bits per heavy atom. The van der Waals surface area contributed by atoms with Crippen LogP contribution in [0.5, 0.6) is 5.75 Å². The van der Waals surface area contributed by atoms with Crippen molar-refractivity contribution in [3.05, 3.63) is 29.8 Å². The molecule has 0 aliphatic carbocycles. The predicted octanol–water partition coefficient (Wildman–Crippen LogP) is 1.12. The number of likely N-dealkylation sites (tertiary alicyclic amines) is 1. The minimum absolute atomic E-state index is 0.0228. The van der Waals surface area contributed by atoms with Crippen molar-refractivity contribution in [2.45, 2.75) is 18.9 Å². The first-order valence-electron chi connectivity index (χ1n) is 7.98. The molecule has 6 nitrogen and oxygen atoms in total. The third-order valence-corrected chi connectivity index (χ3v) is 4.43. The van der Waals surface area contributed by atoms with E-state index >= 15 is 0 Å². The Balaban J connectivity index is 1.61. The van der Waals surface area contributed by atoms with Gasteiger partial charge >= 0.3 is 0 Å². The van der Waals surface area contributed by atoms with Crippen LogP contribution in [0, 0.1) is 5.92 Å². The second kappa shape index (κ2) is 7.00. The van der Waals surface area contributed by atoms with Crippen molar-refractivity contribution in [1.82, 2.24) is 10.2 Å². The van der Waals surface area contributed by atoms with Crippen LogP contribution in [0.25, 0.3) is 0 Å². The summed E-state index contributed by atoms with van der Waals surface area (Å²) in [4.78, 5) is 26.2. The van der Waals surface area contributed by atoms with Crippen molar-refractivity contribution >= 4 is 11.8 Å². The maximum absolute atomic E-state index is 12.5. The Bertz CT molecular complexity index is 590. The van der Waals surface area contributed by atoms with Gasteiger partial charge in [0.1, 0.15) is 5.75 Å². The largest absolute Gasteiger partial charge is 0.493 e. The van der Waals surface area contributed by atoms with Gasteiger partial charge in [-0.15, -0.1) is 0 Å². The Labute approximate surface area is 135 Å². The summed E-state index contributed by atoms with van der Waals surface area (Å²) < 4.78 is 10.6. The fourth-order valence-corrected chi connectivity index (χ4v) is 3.15. The van der Waals surface area contributed by atoms with Crippen LogP contribution in [0.2, 0.25) is 0 Å². The molecule has 1 fully saturated rings. The van der Waals surface area contributed by atoms with Crippen LogP contribution in [0.3, 0.4) is 0 Å². The van der Waals surface area contributed by atoms with E-state index in [0.717, 1.165) is 17.7 Å². The Kier molecular flexibility index (Phi) is 4.81. The number of para-hydroxylation sites is 1. The van der Waals surface area contributed by atoms with Crippen molar-refractivity contribution in [2.24, 2.45) is 5.92 Å². The first-order valence-corrected chi connectivity index (χ1v) is 7.98. The van der Waals surface area contributed by atoms with Crippen molar-refractivity contribution in [2.75, 3.05) is 33.4 Å². The number of nitrogens with one attached hydrogen (secondary N) is 1. The minimum atomic E-state index is -0.283. The van der Waals surface area contributed by atoms with Gasteiger partial charge in [0, 0.05) is 38.6 Å². The molecule has 23 heavy (non-hydrogen) atoms.